The van der Waals surface area contributed by atoms with E-state index < -0.39 is 17.7 Å². The normalized spacial score (nSPS) is 10.1. The molecule has 2 aromatic carbocycles. The molecule has 0 saturated heterocycles. The summed E-state index contributed by atoms with van der Waals surface area (Å²) in [6, 6.07) is 13.6. The number of amides is 3. The number of para-hydroxylation sites is 1. The van der Waals surface area contributed by atoms with Crippen molar-refractivity contribution in [3.8, 4) is 0 Å². The average Bonchev–Trinajstić information content (AvgIpc) is 2.61. The number of carbonyl (C=O) groups is 3. The fraction of sp³-hybridized carbons (Fsp3) is 0.211. The van der Waals surface area contributed by atoms with Gasteiger partial charge in [-0.3, -0.25) is 19.7 Å². The number of imide groups is 1. The lowest BCUT2D eigenvalue weighted by Gasteiger charge is -2.08. The summed E-state index contributed by atoms with van der Waals surface area (Å²) in [7, 11) is 0. The Kier molecular flexibility index (Phi) is 6.28. The summed E-state index contributed by atoms with van der Waals surface area (Å²) in [5.74, 6) is -2.67. The number of unbranched alkanes of at least 4 members (excludes halogenated alkanes) is 1. The fourth-order valence-corrected chi connectivity index (χ4v) is 2.25. The van der Waals surface area contributed by atoms with E-state index in [1.807, 2.05) is 17.4 Å². The first kappa shape index (κ1) is 18.2. The molecule has 0 unspecified atom stereocenters. The fourth-order valence-electron chi connectivity index (χ4n) is 2.25. The molecule has 3 amide bonds. The highest BCUT2D eigenvalue weighted by Gasteiger charge is 2.19. The average molecular weight is 339 g/mol. The van der Waals surface area contributed by atoms with Crippen molar-refractivity contribution in [2.24, 2.45) is 0 Å². The number of anilines is 2. The van der Waals surface area contributed by atoms with E-state index in [0.29, 0.717) is 5.69 Å². The Morgan fingerprint density at radius 3 is 2.28 bits per heavy atom. The smallest absolute Gasteiger partial charge is 0.316 e. The molecule has 0 saturated carbocycles. The van der Waals surface area contributed by atoms with E-state index in [2.05, 4.69) is 12.2 Å². The Morgan fingerprint density at radius 2 is 1.64 bits per heavy atom. The predicted octanol–water partition coefficient (Wildman–Crippen LogP) is 2.51. The second-order valence-electron chi connectivity index (χ2n) is 5.63. The van der Waals surface area contributed by atoms with Crippen molar-refractivity contribution in [1.82, 2.24) is 5.32 Å². The minimum Gasteiger partial charge on any atom is -0.398 e. The quantitative estimate of drug-likeness (QED) is 0.575. The molecule has 0 bridgehead atoms. The van der Waals surface area contributed by atoms with Crippen LogP contribution >= 0.6 is 0 Å². The molecular formula is C19H21N3O3. The van der Waals surface area contributed by atoms with Gasteiger partial charge < -0.3 is 11.1 Å². The van der Waals surface area contributed by atoms with Gasteiger partial charge in [0.1, 0.15) is 0 Å². The number of rotatable bonds is 5. The molecule has 2 rings (SSSR count). The van der Waals surface area contributed by atoms with E-state index in [1.54, 1.807) is 30.3 Å². The highest BCUT2D eigenvalue weighted by molar-refractivity contribution is 6.42. The molecule has 2 aromatic rings. The summed E-state index contributed by atoms with van der Waals surface area (Å²) in [4.78, 5) is 35.8. The zero-order chi connectivity index (χ0) is 18.2. The van der Waals surface area contributed by atoms with Gasteiger partial charge in [0.25, 0.3) is 5.91 Å². The molecule has 0 fully saturated rings. The molecule has 130 valence electrons. The summed E-state index contributed by atoms with van der Waals surface area (Å²) >= 11 is 0. The Balaban J connectivity index is 1.93. The summed E-state index contributed by atoms with van der Waals surface area (Å²) in [6.45, 7) is 2.12. The zero-order valence-electron chi connectivity index (χ0n) is 14.0. The van der Waals surface area contributed by atoms with Gasteiger partial charge in [0.2, 0.25) is 0 Å². The minimum atomic E-state index is -1.04. The lowest BCUT2D eigenvalue weighted by Crippen LogP contribution is -2.39. The highest BCUT2D eigenvalue weighted by atomic mass is 16.2. The highest BCUT2D eigenvalue weighted by Crippen LogP contribution is 2.12. The maximum absolute atomic E-state index is 12.0. The third-order valence-electron chi connectivity index (χ3n) is 3.67. The lowest BCUT2D eigenvalue weighted by molar-refractivity contribution is -0.135. The van der Waals surface area contributed by atoms with Gasteiger partial charge in [-0.05, 0) is 42.7 Å². The van der Waals surface area contributed by atoms with Crippen LogP contribution in [0, 0.1) is 0 Å². The molecule has 0 spiro atoms. The van der Waals surface area contributed by atoms with Crippen molar-refractivity contribution in [2.45, 2.75) is 26.2 Å². The monoisotopic (exact) mass is 339 g/mol. The van der Waals surface area contributed by atoms with Gasteiger partial charge in [-0.25, -0.2) is 0 Å². The largest absolute Gasteiger partial charge is 0.398 e. The number of nitrogens with one attached hydrogen (secondary N) is 2. The number of carbonyl (C=O) groups excluding carboxylic acids is 3. The van der Waals surface area contributed by atoms with Crippen molar-refractivity contribution in [1.29, 1.82) is 0 Å². The van der Waals surface area contributed by atoms with Crippen LogP contribution in [0.4, 0.5) is 11.4 Å². The second kappa shape index (κ2) is 8.63. The molecule has 25 heavy (non-hydrogen) atoms. The van der Waals surface area contributed by atoms with Crippen LogP contribution in [0.15, 0.2) is 48.5 Å². The van der Waals surface area contributed by atoms with Crippen LogP contribution in [-0.4, -0.2) is 17.7 Å². The number of hydrogen-bond acceptors (Lipinski definition) is 4. The molecule has 6 nitrogen and oxygen atoms in total. The topological polar surface area (TPSA) is 101 Å². The Morgan fingerprint density at radius 1 is 0.960 bits per heavy atom. The van der Waals surface area contributed by atoms with Crippen molar-refractivity contribution in [2.75, 3.05) is 11.1 Å². The Hall–Kier alpha value is -3.15. The van der Waals surface area contributed by atoms with Gasteiger partial charge in [0.05, 0.1) is 5.56 Å². The number of aryl methyl sites for hydroxylation is 1. The van der Waals surface area contributed by atoms with Crippen molar-refractivity contribution < 1.29 is 14.4 Å². The molecule has 0 atom stereocenters. The summed E-state index contributed by atoms with van der Waals surface area (Å²) in [5.41, 5.74) is 7.71. The van der Waals surface area contributed by atoms with Crippen LogP contribution in [0.25, 0.3) is 0 Å². The van der Waals surface area contributed by atoms with Gasteiger partial charge in [-0.2, -0.15) is 0 Å². The van der Waals surface area contributed by atoms with E-state index in [9.17, 15) is 14.4 Å². The van der Waals surface area contributed by atoms with E-state index in [1.165, 1.54) is 11.6 Å². The van der Waals surface area contributed by atoms with Crippen LogP contribution in [0.3, 0.4) is 0 Å². The lowest BCUT2D eigenvalue weighted by atomic mass is 10.1. The molecular weight excluding hydrogens is 318 g/mol. The SMILES string of the molecule is CCCCc1ccc(NC(=O)C(=O)NC(=O)c2ccccc2N)cc1. The number of nitrogen functional groups attached to an aromatic ring is 1. The van der Waals surface area contributed by atoms with Gasteiger partial charge in [-0.1, -0.05) is 37.6 Å². The zero-order valence-corrected chi connectivity index (χ0v) is 14.0. The number of nitrogens with two attached hydrogens (primary N) is 1. The molecule has 0 aliphatic carbocycles. The summed E-state index contributed by atoms with van der Waals surface area (Å²) < 4.78 is 0. The van der Waals surface area contributed by atoms with Crippen LogP contribution < -0.4 is 16.4 Å². The first-order valence-corrected chi connectivity index (χ1v) is 8.11. The van der Waals surface area contributed by atoms with Gasteiger partial charge in [0.15, 0.2) is 0 Å². The maximum Gasteiger partial charge on any atom is 0.316 e. The minimum absolute atomic E-state index is 0.143. The summed E-state index contributed by atoms with van der Waals surface area (Å²) in [6.07, 6.45) is 3.18. The molecule has 4 N–H and O–H groups in total. The van der Waals surface area contributed by atoms with Crippen LogP contribution in [-0.2, 0) is 16.0 Å². The van der Waals surface area contributed by atoms with Gasteiger partial charge >= 0.3 is 11.8 Å². The van der Waals surface area contributed by atoms with Crippen molar-refractivity contribution >= 4 is 29.1 Å². The molecule has 0 aromatic heterocycles. The molecule has 0 heterocycles. The third kappa shape index (κ3) is 5.17. The van der Waals surface area contributed by atoms with E-state index in [4.69, 9.17) is 5.73 Å². The van der Waals surface area contributed by atoms with Crippen LogP contribution in [0.1, 0.15) is 35.7 Å². The molecule has 6 heteroatoms. The van der Waals surface area contributed by atoms with Crippen molar-refractivity contribution in [3.63, 3.8) is 0 Å². The third-order valence-corrected chi connectivity index (χ3v) is 3.67. The maximum atomic E-state index is 12.0. The second-order valence-corrected chi connectivity index (χ2v) is 5.63. The first-order valence-electron chi connectivity index (χ1n) is 8.11. The Labute approximate surface area is 146 Å². The molecule has 0 aliphatic rings. The van der Waals surface area contributed by atoms with Gasteiger partial charge in [0, 0.05) is 11.4 Å². The molecule has 0 aliphatic heterocycles. The van der Waals surface area contributed by atoms with Crippen LogP contribution in [0.5, 0.6) is 0 Å². The van der Waals surface area contributed by atoms with Gasteiger partial charge in [-0.15, -0.1) is 0 Å². The predicted molar refractivity (Wildman–Crippen MR) is 97.0 cm³/mol. The van der Waals surface area contributed by atoms with E-state index in [-0.39, 0.29) is 11.3 Å². The first-order chi connectivity index (χ1) is 12.0. The Bertz CT molecular complexity index is 770. The number of benzene rings is 2. The van der Waals surface area contributed by atoms with Crippen LogP contribution in [0.2, 0.25) is 0 Å². The van der Waals surface area contributed by atoms with E-state index >= 15 is 0 Å². The van der Waals surface area contributed by atoms with E-state index in [0.717, 1.165) is 19.3 Å². The number of hydrogen-bond donors (Lipinski definition) is 3. The molecule has 0 radical (unpaired) electrons. The summed E-state index contributed by atoms with van der Waals surface area (Å²) in [5, 5.41) is 4.49. The van der Waals surface area contributed by atoms with Crippen molar-refractivity contribution in [3.05, 3.63) is 59.7 Å². The standard InChI is InChI=1S/C19H21N3O3/c1-2-3-6-13-9-11-14(12-10-13)21-18(24)19(25)22-17(23)15-7-4-5-8-16(15)20/h4-5,7-12H,2-3,6,20H2,1H3,(H,21,24)(H,22,23,25).